The molecule has 2 N–H and O–H groups in total. The van der Waals surface area contributed by atoms with Gasteiger partial charge in [0.15, 0.2) is 17.8 Å². The second kappa shape index (κ2) is 16.2. The van der Waals surface area contributed by atoms with Crippen LogP contribution in [0.1, 0.15) is 58.7 Å². The molecule has 0 saturated carbocycles. The van der Waals surface area contributed by atoms with Crippen molar-refractivity contribution in [3.8, 4) is 11.5 Å². The largest absolute Gasteiger partial charge is 0.493 e. The standard InChI is InChI=1S/C32H46N4O10/c1-31(2,3)34-28(37)27(21-13-11-12-14-23(21)36(40)41)35(19-26(44-9)45-10)29(38)22(33-30(39)46-32(4,5)6)17-20-15-16-24(42-7)25(18-20)43-8/h11-16,18,22,26-27H,17,19H2,1-10H3,(H,33,39)(H,34,37)/t22-,27?/m0/s1. The first-order chi connectivity index (χ1) is 21.4. The van der Waals surface area contributed by atoms with E-state index in [1.165, 1.54) is 52.7 Å². The van der Waals surface area contributed by atoms with Gasteiger partial charge in [-0.15, -0.1) is 0 Å². The van der Waals surface area contributed by atoms with Crippen LogP contribution >= 0.6 is 0 Å². The van der Waals surface area contributed by atoms with Crippen molar-refractivity contribution < 1.29 is 43.0 Å². The summed E-state index contributed by atoms with van der Waals surface area (Å²) in [5.74, 6) is -0.606. The van der Waals surface area contributed by atoms with E-state index in [1.807, 2.05) is 0 Å². The Labute approximate surface area is 269 Å². The van der Waals surface area contributed by atoms with Gasteiger partial charge < -0.3 is 39.2 Å². The number of alkyl carbamates (subject to hydrolysis) is 1. The SMILES string of the molecule is COc1ccc(C[C@H](NC(=O)OC(C)(C)C)C(=O)N(CC(OC)OC)C(C(=O)NC(C)(C)C)c2ccccc2[N+](=O)[O-])cc1OC. The minimum atomic E-state index is -1.53. The number of hydrogen-bond acceptors (Lipinski definition) is 10. The Kier molecular flexibility index (Phi) is 13.3. The average Bonchev–Trinajstić information content (AvgIpc) is 2.96. The zero-order valence-corrected chi connectivity index (χ0v) is 28.2. The van der Waals surface area contributed by atoms with Crippen LogP contribution in [0.2, 0.25) is 0 Å². The second-order valence-corrected chi connectivity index (χ2v) is 12.4. The molecule has 0 fully saturated rings. The first kappa shape index (κ1) is 37.8. The lowest BCUT2D eigenvalue weighted by atomic mass is 9.97. The lowest BCUT2D eigenvalue weighted by Gasteiger charge is -2.37. The summed E-state index contributed by atoms with van der Waals surface area (Å²) in [6.45, 7) is 9.91. The molecule has 0 bridgehead atoms. The van der Waals surface area contributed by atoms with E-state index in [9.17, 15) is 24.5 Å². The number of hydrogen-bond donors (Lipinski definition) is 2. The molecule has 14 nitrogen and oxygen atoms in total. The summed E-state index contributed by atoms with van der Waals surface area (Å²) in [5.41, 5.74) is -1.52. The monoisotopic (exact) mass is 646 g/mol. The molecule has 2 atom stereocenters. The zero-order chi connectivity index (χ0) is 34.8. The Morgan fingerprint density at radius 1 is 0.913 bits per heavy atom. The number of amides is 3. The van der Waals surface area contributed by atoms with E-state index in [0.29, 0.717) is 17.1 Å². The fourth-order valence-electron chi connectivity index (χ4n) is 4.60. The van der Waals surface area contributed by atoms with Gasteiger partial charge >= 0.3 is 6.09 Å². The third-order valence-electron chi connectivity index (χ3n) is 6.52. The van der Waals surface area contributed by atoms with Gasteiger partial charge in [0.25, 0.3) is 5.69 Å². The van der Waals surface area contributed by atoms with E-state index in [4.69, 9.17) is 23.7 Å². The summed E-state index contributed by atoms with van der Waals surface area (Å²) in [4.78, 5) is 54.5. The van der Waals surface area contributed by atoms with Gasteiger partial charge in [0, 0.05) is 32.2 Å². The summed E-state index contributed by atoms with van der Waals surface area (Å²) in [5, 5.41) is 17.6. The van der Waals surface area contributed by atoms with Gasteiger partial charge in [0.2, 0.25) is 11.8 Å². The predicted octanol–water partition coefficient (Wildman–Crippen LogP) is 4.15. The number of ether oxygens (including phenoxy) is 5. The van der Waals surface area contributed by atoms with Crippen LogP contribution in [-0.4, -0.2) is 86.2 Å². The number of rotatable bonds is 14. The summed E-state index contributed by atoms with van der Waals surface area (Å²) in [6.07, 6.45) is -2.01. The lowest BCUT2D eigenvalue weighted by Crippen LogP contribution is -2.56. The van der Waals surface area contributed by atoms with E-state index in [1.54, 1.807) is 59.7 Å². The fraction of sp³-hybridized carbons (Fsp3) is 0.531. The molecule has 0 aromatic heterocycles. The molecule has 0 saturated heterocycles. The summed E-state index contributed by atoms with van der Waals surface area (Å²) in [6, 6.07) is 7.80. The maximum atomic E-state index is 14.7. The van der Waals surface area contributed by atoms with Gasteiger partial charge in [0.1, 0.15) is 17.7 Å². The third kappa shape index (κ3) is 10.9. The topological polar surface area (TPSA) is 168 Å². The molecule has 14 heteroatoms. The first-order valence-corrected chi connectivity index (χ1v) is 14.6. The van der Waals surface area contributed by atoms with Crippen LogP contribution in [-0.2, 0) is 30.2 Å². The minimum Gasteiger partial charge on any atom is -0.493 e. The number of nitrogens with zero attached hydrogens (tertiary/aromatic N) is 2. The second-order valence-electron chi connectivity index (χ2n) is 12.4. The van der Waals surface area contributed by atoms with Gasteiger partial charge in [-0.2, -0.15) is 0 Å². The van der Waals surface area contributed by atoms with Gasteiger partial charge in [-0.05, 0) is 65.3 Å². The van der Waals surface area contributed by atoms with Crippen LogP contribution in [0.15, 0.2) is 42.5 Å². The van der Waals surface area contributed by atoms with Crippen molar-refractivity contribution in [1.82, 2.24) is 15.5 Å². The fourth-order valence-corrected chi connectivity index (χ4v) is 4.60. The zero-order valence-electron chi connectivity index (χ0n) is 28.2. The average molecular weight is 647 g/mol. The number of carbonyl (C=O) groups excluding carboxylic acids is 3. The highest BCUT2D eigenvalue weighted by Crippen LogP contribution is 2.32. The molecule has 46 heavy (non-hydrogen) atoms. The Bertz CT molecular complexity index is 1370. The molecule has 0 aliphatic rings. The normalized spacial score (nSPS) is 12.9. The molecule has 2 aromatic carbocycles. The molecule has 0 radical (unpaired) electrons. The van der Waals surface area contributed by atoms with Crippen LogP contribution in [0, 0.1) is 10.1 Å². The molecule has 3 amide bonds. The number of carbonyl (C=O) groups is 3. The van der Waals surface area contributed by atoms with Crippen molar-refractivity contribution in [2.24, 2.45) is 0 Å². The molecule has 254 valence electrons. The summed E-state index contributed by atoms with van der Waals surface area (Å²) < 4.78 is 27.0. The van der Waals surface area contributed by atoms with E-state index in [-0.39, 0.29) is 24.2 Å². The molecule has 0 spiro atoms. The van der Waals surface area contributed by atoms with Crippen LogP contribution in [0.5, 0.6) is 11.5 Å². The van der Waals surface area contributed by atoms with E-state index < -0.39 is 52.3 Å². The molecule has 0 heterocycles. The van der Waals surface area contributed by atoms with Gasteiger partial charge in [-0.25, -0.2) is 4.79 Å². The number of nitro groups is 1. The number of benzene rings is 2. The highest BCUT2D eigenvalue weighted by Gasteiger charge is 2.41. The van der Waals surface area contributed by atoms with Crippen LogP contribution in [0.4, 0.5) is 10.5 Å². The van der Waals surface area contributed by atoms with Gasteiger partial charge in [-0.1, -0.05) is 18.2 Å². The van der Waals surface area contributed by atoms with Gasteiger partial charge in [0.05, 0.1) is 31.3 Å². The molecule has 0 aliphatic carbocycles. The summed E-state index contributed by atoms with van der Waals surface area (Å²) in [7, 11) is 5.66. The van der Waals surface area contributed by atoms with Gasteiger partial charge in [-0.3, -0.25) is 19.7 Å². The predicted molar refractivity (Wildman–Crippen MR) is 170 cm³/mol. The molecule has 2 rings (SSSR count). The van der Waals surface area contributed by atoms with Crippen LogP contribution in [0.25, 0.3) is 0 Å². The molecular weight excluding hydrogens is 600 g/mol. The summed E-state index contributed by atoms with van der Waals surface area (Å²) >= 11 is 0. The van der Waals surface area contributed by atoms with Crippen molar-refractivity contribution in [2.75, 3.05) is 35.0 Å². The number of methoxy groups -OCH3 is 4. The lowest BCUT2D eigenvalue weighted by molar-refractivity contribution is -0.385. The molecule has 0 aliphatic heterocycles. The van der Waals surface area contributed by atoms with Crippen LogP contribution in [0.3, 0.4) is 0 Å². The Balaban J connectivity index is 2.80. The maximum absolute atomic E-state index is 14.7. The van der Waals surface area contributed by atoms with Crippen molar-refractivity contribution in [1.29, 1.82) is 0 Å². The number of nitro benzene ring substituents is 1. The molecule has 2 aromatic rings. The quantitative estimate of drug-likeness (QED) is 0.173. The van der Waals surface area contributed by atoms with E-state index in [0.717, 1.165) is 4.90 Å². The van der Waals surface area contributed by atoms with E-state index in [2.05, 4.69) is 10.6 Å². The number of nitrogens with one attached hydrogen (secondary N) is 2. The van der Waals surface area contributed by atoms with Crippen molar-refractivity contribution >= 4 is 23.6 Å². The van der Waals surface area contributed by atoms with Crippen molar-refractivity contribution in [3.63, 3.8) is 0 Å². The van der Waals surface area contributed by atoms with Crippen molar-refractivity contribution in [3.05, 3.63) is 63.7 Å². The molecular formula is C32H46N4O10. The highest BCUT2D eigenvalue weighted by atomic mass is 16.7. The molecule has 1 unspecified atom stereocenters. The maximum Gasteiger partial charge on any atom is 0.408 e. The Morgan fingerprint density at radius 3 is 2.04 bits per heavy atom. The Morgan fingerprint density at radius 2 is 1.52 bits per heavy atom. The Hall–Kier alpha value is -4.43. The third-order valence-corrected chi connectivity index (χ3v) is 6.52. The number of para-hydroxylation sites is 1. The smallest absolute Gasteiger partial charge is 0.408 e. The van der Waals surface area contributed by atoms with E-state index >= 15 is 0 Å². The first-order valence-electron chi connectivity index (χ1n) is 14.6. The highest BCUT2D eigenvalue weighted by molar-refractivity contribution is 5.93. The van der Waals surface area contributed by atoms with Crippen molar-refractivity contribution in [2.45, 2.75) is 77.5 Å². The minimum absolute atomic E-state index is 0.0457. The van der Waals surface area contributed by atoms with Crippen LogP contribution < -0.4 is 20.1 Å².